The fraction of sp³-hybridized carbons (Fsp3) is 0.900. The van der Waals surface area contributed by atoms with E-state index >= 15 is 0 Å². The summed E-state index contributed by atoms with van der Waals surface area (Å²) in [5, 5.41) is 12.4. The van der Waals surface area contributed by atoms with E-state index in [1.807, 2.05) is 13.8 Å². The number of hydrogen-bond donors (Lipinski definition) is 2. The minimum absolute atomic E-state index is 0.0682. The van der Waals surface area contributed by atoms with Crippen LogP contribution < -0.4 is 5.32 Å². The smallest absolute Gasteiger partial charge is 0.246 e. The topological polar surface area (TPSA) is 58.6 Å². The lowest BCUT2D eigenvalue weighted by Crippen LogP contribution is -2.41. The van der Waals surface area contributed by atoms with E-state index < -0.39 is 5.60 Å². The molecule has 14 heavy (non-hydrogen) atoms. The summed E-state index contributed by atoms with van der Waals surface area (Å²) >= 11 is 0. The maximum Gasteiger partial charge on any atom is 0.246 e. The first-order chi connectivity index (χ1) is 6.52. The molecule has 0 aromatic rings. The van der Waals surface area contributed by atoms with Gasteiger partial charge in [0.25, 0.3) is 0 Å². The van der Waals surface area contributed by atoms with Gasteiger partial charge in [0.15, 0.2) is 0 Å². The van der Waals surface area contributed by atoms with Crippen molar-refractivity contribution < 1.29 is 14.6 Å². The summed E-state index contributed by atoms with van der Waals surface area (Å²) in [5.74, 6) is -0.178. The molecule has 1 amide bonds. The Hall–Kier alpha value is -0.610. The predicted molar refractivity (Wildman–Crippen MR) is 55.0 cm³/mol. The molecule has 4 nitrogen and oxygen atoms in total. The average Bonchev–Trinajstić information content (AvgIpc) is 2.11. The van der Waals surface area contributed by atoms with Gasteiger partial charge in [0.2, 0.25) is 5.91 Å². The van der Waals surface area contributed by atoms with E-state index in [1.54, 1.807) is 6.92 Å². The van der Waals surface area contributed by atoms with Crippen LogP contribution in [0.3, 0.4) is 0 Å². The molecular weight excluding hydrogens is 182 g/mol. The van der Waals surface area contributed by atoms with Crippen LogP contribution in [0.5, 0.6) is 0 Å². The van der Waals surface area contributed by atoms with Crippen LogP contribution in [0.4, 0.5) is 0 Å². The fourth-order valence-corrected chi connectivity index (χ4v) is 1.16. The highest BCUT2D eigenvalue weighted by Crippen LogP contribution is 2.09. The number of amides is 1. The largest absolute Gasteiger partial charge is 0.388 e. The highest BCUT2D eigenvalue weighted by molar-refractivity contribution is 5.77. The number of aliphatic hydroxyl groups is 1. The Balaban J connectivity index is 3.64. The SMILES string of the molecule is CCCC(C)(O)CNC(=O)COCC. The number of rotatable bonds is 7. The fourth-order valence-electron chi connectivity index (χ4n) is 1.16. The lowest BCUT2D eigenvalue weighted by Gasteiger charge is -2.22. The molecule has 4 heteroatoms. The molecule has 1 atom stereocenters. The van der Waals surface area contributed by atoms with Crippen LogP contribution in [0.2, 0.25) is 0 Å². The van der Waals surface area contributed by atoms with E-state index in [-0.39, 0.29) is 19.1 Å². The van der Waals surface area contributed by atoms with Crippen molar-refractivity contribution in [1.29, 1.82) is 0 Å². The highest BCUT2D eigenvalue weighted by atomic mass is 16.5. The van der Waals surface area contributed by atoms with Gasteiger partial charge in [-0.15, -0.1) is 0 Å². The Kier molecular flexibility index (Phi) is 6.49. The summed E-state index contributed by atoms with van der Waals surface area (Å²) in [6.07, 6.45) is 1.58. The molecule has 0 aliphatic carbocycles. The van der Waals surface area contributed by atoms with Gasteiger partial charge < -0.3 is 15.2 Å². The normalized spacial score (nSPS) is 14.9. The second-order valence-corrected chi connectivity index (χ2v) is 3.66. The quantitative estimate of drug-likeness (QED) is 0.640. The molecule has 0 aliphatic heterocycles. The Bertz CT molecular complexity index is 169. The van der Waals surface area contributed by atoms with Gasteiger partial charge in [-0.05, 0) is 20.3 Å². The van der Waals surface area contributed by atoms with Crippen molar-refractivity contribution in [3.63, 3.8) is 0 Å². The van der Waals surface area contributed by atoms with Gasteiger partial charge in [0, 0.05) is 13.2 Å². The van der Waals surface area contributed by atoms with E-state index in [0.29, 0.717) is 13.0 Å². The predicted octanol–water partition coefficient (Wildman–Crippen LogP) is 0.690. The monoisotopic (exact) mass is 203 g/mol. The molecule has 0 heterocycles. The molecule has 1 unspecified atom stereocenters. The molecule has 84 valence electrons. The van der Waals surface area contributed by atoms with E-state index in [1.165, 1.54) is 0 Å². The van der Waals surface area contributed by atoms with Gasteiger partial charge in [0.1, 0.15) is 6.61 Å². The van der Waals surface area contributed by atoms with Gasteiger partial charge in [-0.2, -0.15) is 0 Å². The van der Waals surface area contributed by atoms with Gasteiger partial charge >= 0.3 is 0 Å². The number of carbonyl (C=O) groups excluding carboxylic acids is 1. The summed E-state index contributed by atoms with van der Waals surface area (Å²) in [5.41, 5.74) is -0.809. The Morgan fingerprint density at radius 1 is 1.50 bits per heavy atom. The maximum absolute atomic E-state index is 11.1. The second kappa shape index (κ2) is 6.79. The average molecular weight is 203 g/mol. The van der Waals surface area contributed by atoms with Gasteiger partial charge in [0.05, 0.1) is 5.60 Å². The minimum Gasteiger partial charge on any atom is -0.388 e. The number of nitrogens with one attached hydrogen (secondary N) is 1. The van der Waals surface area contributed by atoms with E-state index in [0.717, 1.165) is 6.42 Å². The third-order valence-corrected chi connectivity index (χ3v) is 1.89. The summed E-state index contributed by atoms with van der Waals surface area (Å²) in [6.45, 7) is 6.43. The first-order valence-electron chi connectivity index (χ1n) is 5.08. The maximum atomic E-state index is 11.1. The molecule has 0 aromatic carbocycles. The molecule has 0 radical (unpaired) electrons. The molecule has 0 fully saturated rings. The molecule has 2 N–H and O–H groups in total. The molecule has 0 saturated carbocycles. The third-order valence-electron chi connectivity index (χ3n) is 1.89. The first-order valence-corrected chi connectivity index (χ1v) is 5.08. The Labute approximate surface area is 85.6 Å². The van der Waals surface area contributed by atoms with Crippen LogP contribution in [-0.4, -0.2) is 36.4 Å². The Morgan fingerprint density at radius 2 is 2.14 bits per heavy atom. The minimum atomic E-state index is -0.809. The van der Waals surface area contributed by atoms with E-state index in [2.05, 4.69) is 5.32 Å². The van der Waals surface area contributed by atoms with Crippen molar-refractivity contribution in [2.75, 3.05) is 19.8 Å². The molecule has 0 aromatic heterocycles. The Morgan fingerprint density at radius 3 is 2.64 bits per heavy atom. The van der Waals surface area contributed by atoms with Crippen molar-refractivity contribution in [1.82, 2.24) is 5.32 Å². The standard InChI is InChI=1S/C10H21NO3/c1-4-6-10(3,13)8-11-9(12)7-14-5-2/h13H,4-8H2,1-3H3,(H,11,12). The number of hydrogen-bond acceptors (Lipinski definition) is 3. The highest BCUT2D eigenvalue weighted by Gasteiger charge is 2.19. The molecule has 0 spiro atoms. The second-order valence-electron chi connectivity index (χ2n) is 3.66. The van der Waals surface area contributed by atoms with Gasteiger partial charge in [-0.25, -0.2) is 0 Å². The van der Waals surface area contributed by atoms with Crippen LogP contribution in [0.15, 0.2) is 0 Å². The van der Waals surface area contributed by atoms with Crippen molar-refractivity contribution in [2.24, 2.45) is 0 Å². The lowest BCUT2D eigenvalue weighted by molar-refractivity contribution is -0.126. The molecule has 0 saturated heterocycles. The van der Waals surface area contributed by atoms with Crippen molar-refractivity contribution in [3.05, 3.63) is 0 Å². The van der Waals surface area contributed by atoms with E-state index in [9.17, 15) is 9.90 Å². The van der Waals surface area contributed by atoms with Crippen LogP contribution in [-0.2, 0) is 9.53 Å². The molecular formula is C10H21NO3. The zero-order chi connectivity index (χ0) is 11.0. The molecule has 0 rings (SSSR count). The summed E-state index contributed by atoms with van der Waals surface area (Å²) in [7, 11) is 0. The lowest BCUT2D eigenvalue weighted by atomic mass is 10.0. The van der Waals surface area contributed by atoms with Crippen LogP contribution in [0, 0.1) is 0 Å². The van der Waals surface area contributed by atoms with Crippen LogP contribution in [0.25, 0.3) is 0 Å². The van der Waals surface area contributed by atoms with Crippen LogP contribution >= 0.6 is 0 Å². The van der Waals surface area contributed by atoms with Gasteiger partial charge in [-0.3, -0.25) is 4.79 Å². The summed E-state index contributed by atoms with van der Waals surface area (Å²) in [4.78, 5) is 11.1. The molecule has 0 bridgehead atoms. The number of carbonyl (C=O) groups is 1. The first kappa shape index (κ1) is 13.4. The van der Waals surface area contributed by atoms with E-state index in [4.69, 9.17) is 4.74 Å². The zero-order valence-corrected chi connectivity index (χ0v) is 9.30. The molecule has 0 aliphatic rings. The van der Waals surface area contributed by atoms with Crippen LogP contribution in [0.1, 0.15) is 33.6 Å². The third kappa shape index (κ3) is 6.86. The van der Waals surface area contributed by atoms with Gasteiger partial charge in [-0.1, -0.05) is 13.3 Å². The zero-order valence-electron chi connectivity index (χ0n) is 9.30. The van der Waals surface area contributed by atoms with Crippen molar-refractivity contribution in [3.8, 4) is 0 Å². The van der Waals surface area contributed by atoms with Crippen molar-refractivity contribution >= 4 is 5.91 Å². The number of ether oxygens (including phenoxy) is 1. The van der Waals surface area contributed by atoms with Crippen molar-refractivity contribution in [2.45, 2.75) is 39.2 Å². The summed E-state index contributed by atoms with van der Waals surface area (Å²) in [6, 6.07) is 0. The summed E-state index contributed by atoms with van der Waals surface area (Å²) < 4.78 is 4.93.